The van der Waals surface area contributed by atoms with E-state index in [9.17, 15) is 4.79 Å². The molecule has 200 valence electrons. The number of benzene rings is 2. The first-order valence-electron chi connectivity index (χ1n) is 12.3. The molecule has 0 saturated heterocycles. The van der Waals surface area contributed by atoms with Crippen LogP contribution in [0.15, 0.2) is 65.3 Å². The molecule has 0 unspecified atom stereocenters. The first-order chi connectivity index (χ1) is 18.6. The molecule has 0 spiro atoms. The summed E-state index contributed by atoms with van der Waals surface area (Å²) in [4.78, 5) is 19.4. The number of carbonyl (C=O) groups is 1. The molecule has 2 aromatic heterocycles. The van der Waals surface area contributed by atoms with Crippen LogP contribution in [-0.2, 0) is 24.2 Å². The largest absolute Gasteiger partial charge is 0.497 e. The zero-order valence-electron chi connectivity index (χ0n) is 21.8. The quantitative estimate of drug-likeness (QED) is 0.252. The fourth-order valence-corrected chi connectivity index (χ4v) is 4.66. The molecule has 0 aliphatic carbocycles. The third kappa shape index (κ3) is 7.48. The van der Waals surface area contributed by atoms with Gasteiger partial charge < -0.3 is 28.8 Å². The molecule has 0 fully saturated rings. The zero-order chi connectivity index (χ0) is 26.7. The van der Waals surface area contributed by atoms with Crippen LogP contribution < -0.4 is 24.4 Å². The zero-order valence-corrected chi connectivity index (χ0v) is 22.6. The summed E-state index contributed by atoms with van der Waals surface area (Å²) in [6.45, 7) is 1.51. The van der Waals surface area contributed by atoms with Crippen LogP contribution in [0.5, 0.6) is 17.2 Å². The highest BCUT2D eigenvalue weighted by Gasteiger charge is 2.17. The van der Waals surface area contributed by atoms with Crippen LogP contribution in [0.25, 0.3) is 0 Å². The summed E-state index contributed by atoms with van der Waals surface area (Å²) >= 11 is 1.32. The Kier molecular flexibility index (Phi) is 9.58. The van der Waals surface area contributed by atoms with E-state index in [1.807, 2.05) is 59.5 Å². The van der Waals surface area contributed by atoms with Crippen molar-refractivity contribution in [3.05, 3.63) is 83.6 Å². The van der Waals surface area contributed by atoms with Gasteiger partial charge in [0.1, 0.15) is 17.3 Å². The van der Waals surface area contributed by atoms with E-state index < -0.39 is 0 Å². The minimum absolute atomic E-state index is 0.0314. The van der Waals surface area contributed by atoms with Gasteiger partial charge in [-0.15, -0.1) is 0 Å². The molecule has 0 atom stereocenters. The van der Waals surface area contributed by atoms with Gasteiger partial charge in [-0.05, 0) is 53.9 Å². The highest BCUT2D eigenvalue weighted by molar-refractivity contribution is 7.09. The van der Waals surface area contributed by atoms with Gasteiger partial charge in [0.2, 0.25) is 11.0 Å². The SMILES string of the molecule is COc1cccc(Cc2nsc(N(CCC(=O)NCCc3ccc(OC)c(OC)c3)Cc3ccco3)n2)c1. The predicted octanol–water partition coefficient (Wildman–Crippen LogP) is 4.50. The summed E-state index contributed by atoms with van der Waals surface area (Å²) in [6, 6.07) is 17.4. The number of anilines is 1. The van der Waals surface area contributed by atoms with Gasteiger partial charge in [-0.25, -0.2) is 4.98 Å². The molecule has 0 aliphatic rings. The highest BCUT2D eigenvalue weighted by atomic mass is 32.1. The third-order valence-electron chi connectivity index (χ3n) is 5.94. The van der Waals surface area contributed by atoms with E-state index in [4.69, 9.17) is 23.6 Å². The number of nitrogens with one attached hydrogen (secondary N) is 1. The Morgan fingerprint density at radius 3 is 2.63 bits per heavy atom. The Morgan fingerprint density at radius 2 is 1.87 bits per heavy atom. The second-order valence-corrected chi connectivity index (χ2v) is 9.29. The topological polar surface area (TPSA) is 99.0 Å². The Morgan fingerprint density at radius 1 is 1.00 bits per heavy atom. The number of furan rings is 1. The number of aromatic nitrogens is 2. The summed E-state index contributed by atoms with van der Waals surface area (Å²) in [5.74, 6) is 3.64. The molecule has 1 amide bonds. The molecule has 4 rings (SSSR count). The second kappa shape index (κ2) is 13.5. The number of ether oxygens (including phenoxy) is 3. The lowest BCUT2D eigenvalue weighted by molar-refractivity contribution is -0.120. The minimum Gasteiger partial charge on any atom is -0.497 e. The van der Waals surface area contributed by atoms with Crippen LogP contribution in [0.2, 0.25) is 0 Å². The molecular formula is C28H32N4O5S. The van der Waals surface area contributed by atoms with Gasteiger partial charge in [0.15, 0.2) is 11.5 Å². The summed E-state index contributed by atoms with van der Waals surface area (Å²) in [5, 5.41) is 3.75. The van der Waals surface area contributed by atoms with Crippen LogP contribution in [0.3, 0.4) is 0 Å². The standard InChI is InChI=1S/C28H32N4O5S/c1-34-22-7-4-6-21(16-22)18-26-30-28(38-31-26)32(19-23-8-5-15-37-23)14-12-27(33)29-13-11-20-9-10-24(35-2)25(17-20)36-3/h4-10,15-17H,11-14,18-19H2,1-3H3,(H,29,33). The van der Waals surface area contributed by atoms with E-state index in [0.717, 1.165) is 33.6 Å². The van der Waals surface area contributed by atoms with Crippen molar-refractivity contribution < 1.29 is 23.4 Å². The number of hydrogen-bond donors (Lipinski definition) is 1. The number of methoxy groups -OCH3 is 3. The molecule has 0 aliphatic heterocycles. The summed E-state index contributed by atoms with van der Waals surface area (Å²) in [6.07, 6.45) is 3.24. The van der Waals surface area contributed by atoms with Crippen molar-refractivity contribution in [2.75, 3.05) is 39.3 Å². The summed E-state index contributed by atoms with van der Waals surface area (Å²) < 4.78 is 26.1. The second-order valence-electron chi connectivity index (χ2n) is 8.56. The fourth-order valence-electron chi connectivity index (χ4n) is 3.95. The Labute approximate surface area is 226 Å². The van der Waals surface area contributed by atoms with Crippen molar-refractivity contribution in [3.63, 3.8) is 0 Å². The third-order valence-corrected chi connectivity index (χ3v) is 6.76. The van der Waals surface area contributed by atoms with Gasteiger partial charge in [-0.3, -0.25) is 4.79 Å². The number of hydrogen-bond acceptors (Lipinski definition) is 9. The lowest BCUT2D eigenvalue weighted by atomic mass is 10.1. The van der Waals surface area contributed by atoms with Crippen LogP contribution in [0.1, 0.15) is 29.1 Å². The van der Waals surface area contributed by atoms with Crippen LogP contribution in [0, 0.1) is 0 Å². The highest BCUT2D eigenvalue weighted by Crippen LogP contribution is 2.27. The van der Waals surface area contributed by atoms with E-state index in [-0.39, 0.29) is 5.91 Å². The number of carbonyl (C=O) groups excluding carboxylic acids is 1. The van der Waals surface area contributed by atoms with Crippen LogP contribution >= 0.6 is 11.5 Å². The van der Waals surface area contributed by atoms with Gasteiger partial charge in [-0.1, -0.05) is 18.2 Å². The van der Waals surface area contributed by atoms with Crippen molar-refractivity contribution in [1.29, 1.82) is 0 Å². The molecule has 9 nitrogen and oxygen atoms in total. The van der Waals surface area contributed by atoms with E-state index in [0.29, 0.717) is 50.4 Å². The number of amides is 1. The molecule has 1 N–H and O–H groups in total. The van der Waals surface area contributed by atoms with Gasteiger partial charge in [0.25, 0.3) is 0 Å². The van der Waals surface area contributed by atoms with Gasteiger partial charge in [0.05, 0.1) is 34.1 Å². The molecule has 4 aromatic rings. The van der Waals surface area contributed by atoms with Gasteiger partial charge in [-0.2, -0.15) is 4.37 Å². The van der Waals surface area contributed by atoms with Crippen molar-refractivity contribution in [1.82, 2.24) is 14.7 Å². The van der Waals surface area contributed by atoms with Crippen molar-refractivity contribution in [3.8, 4) is 17.2 Å². The first kappa shape index (κ1) is 27.0. The predicted molar refractivity (Wildman–Crippen MR) is 146 cm³/mol. The van der Waals surface area contributed by atoms with Crippen molar-refractivity contribution >= 4 is 22.6 Å². The van der Waals surface area contributed by atoms with E-state index >= 15 is 0 Å². The van der Waals surface area contributed by atoms with Gasteiger partial charge >= 0.3 is 0 Å². The molecule has 0 radical (unpaired) electrons. The van der Waals surface area contributed by atoms with Crippen molar-refractivity contribution in [2.45, 2.75) is 25.8 Å². The average molecular weight is 537 g/mol. The van der Waals surface area contributed by atoms with Crippen LogP contribution in [-0.4, -0.2) is 49.7 Å². The molecule has 0 bridgehead atoms. The Bertz CT molecular complexity index is 1310. The molecule has 38 heavy (non-hydrogen) atoms. The Balaban J connectivity index is 1.33. The van der Waals surface area contributed by atoms with Crippen LogP contribution in [0.4, 0.5) is 5.13 Å². The molecule has 2 aromatic carbocycles. The maximum absolute atomic E-state index is 12.7. The van der Waals surface area contributed by atoms with Gasteiger partial charge in [0, 0.05) is 37.5 Å². The fraction of sp³-hybridized carbons (Fsp3) is 0.321. The molecule has 2 heterocycles. The smallest absolute Gasteiger partial charge is 0.221 e. The summed E-state index contributed by atoms with van der Waals surface area (Å²) in [5.41, 5.74) is 2.12. The normalized spacial score (nSPS) is 10.7. The average Bonchev–Trinajstić information content (AvgIpc) is 3.63. The lowest BCUT2D eigenvalue weighted by Gasteiger charge is -2.20. The number of rotatable bonds is 14. The minimum atomic E-state index is -0.0314. The number of nitrogens with zero attached hydrogens (tertiary/aromatic N) is 3. The van der Waals surface area contributed by atoms with Crippen molar-refractivity contribution in [2.24, 2.45) is 0 Å². The van der Waals surface area contributed by atoms with E-state index in [2.05, 4.69) is 9.69 Å². The monoisotopic (exact) mass is 536 g/mol. The first-order valence-corrected chi connectivity index (χ1v) is 13.1. The maximum Gasteiger partial charge on any atom is 0.221 e. The molecular weight excluding hydrogens is 504 g/mol. The van der Waals surface area contributed by atoms with E-state index in [1.165, 1.54) is 11.5 Å². The Hall–Kier alpha value is -4.05. The molecule has 10 heteroatoms. The maximum atomic E-state index is 12.7. The summed E-state index contributed by atoms with van der Waals surface area (Å²) in [7, 11) is 4.87. The van der Waals surface area contributed by atoms with E-state index in [1.54, 1.807) is 27.6 Å². The lowest BCUT2D eigenvalue weighted by Crippen LogP contribution is -2.31. The molecule has 0 saturated carbocycles.